The van der Waals surface area contributed by atoms with Crippen LogP contribution in [0.3, 0.4) is 0 Å². The molecule has 0 amide bonds. The fourth-order valence-corrected chi connectivity index (χ4v) is 0. The molecule has 2 heteroatoms. The lowest BCUT2D eigenvalue weighted by Gasteiger charge is -1.87. The van der Waals surface area contributed by atoms with Crippen molar-refractivity contribution in [1.29, 1.82) is 1.28 Å². The minimum atomic E-state index is 0.696. The van der Waals surface area contributed by atoms with Crippen LogP contribution >= 0.6 is 19.8 Å². The van der Waals surface area contributed by atoms with Crippen LogP contribution in [0.15, 0.2) is 0 Å². The van der Waals surface area contributed by atoms with Crippen LogP contribution < -0.4 is 0 Å². The quantitative estimate of drug-likeness (QED) is 0.471. The lowest BCUT2D eigenvalue weighted by Crippen LogP contribution is -1.44. The first-order valence-corrected chi connectivity index (χ1v) is 3.22. The van der Waals surface area contributed by atoms with E-state index in [1.807, 2.05) is 6.92 Å². The van der Waals surface area contributed by atoms with Crippen LogP contribution in [0.4, 0.5) is 0 Å². The van der Waals surface area contributed by atoms with Gasteiger partial charge in [0.15, 0.2) is 0 Å². The van der Waals surface area contributed by atoms with Gasteiger partial charge in [0, 0.05) is 0 Å². The highest BCUT2D eigenvalue weighted by molar-refractivity contribution is 8.43. The van der Waals surface area contributed by atoms with E-state index in [4.69, 9.17) is 1.28 Å². The zero-order valence-electron chi connectivity index (χ0n) is 3.56. The van der Waals surface area contributed by atoms with Gasteiger partial charge in [0.1, 0.15) is 0 Å². The summed E-state index contributed by atoms with van der Waals surface area (Å²) < 4.78 is 6.54. The van der Waals surface area contributed by atoms with E-state index in [9.17, 15) is 0 Å². The average molecular weight is 95.1 g/mol. The first-order chi connectivity index (χ1) is 2.41. The van der Waals surface area contributed by atoms with Gasteiger partial charge in [-0.2, -0.15) is 1.28 Å². The van der Waals surface area contributed by atoms with Crippen LogP contribution in [0.1, 0.15) is 6.92 Å². The molecule has 0 atom stereocenters. The molecule has 0 saturated carbocycles. The first-order valence-electron chi connectivity index (χ1n) is 1.63. The topological polar surface area (TPSA) is 0 Å². The van der Waals surface area contributed by atoms with Crippen LogP contribution in [0.5, 0.6) is 0 Å². The Morgan fingerprint density at radius 2 is 3.25 bits per heavy atom. The summed E-state index contributed by atoms with van der Waals surface area (Å²) in [4.78, 5) is 0. The molecule has 0 aliphatic heterocycles. The van der Waals surface area contributed by atoms with E-state index in [0.29, 0.717) is 8.39 Å². The monoisotopic (exact) mass is 95.0 g/mol. The molecule has 0 nitrogen and oxygen atoms in total. The summed E-state index contributed by atoms with van der Waals surface area (Å²) in [6.45, 7) is 2.05. The Kier molecular flexibility index (Phi) is 2.82. The van der Waals surface area contributed by atoms with Gasteiger partial charge in [0.25, 0.3) is 0 Å². The van der Waals surface area contributed by atoms with Crippen molar-refractivity contribution in [2.75, 3.05) is 5.75 Å². The second-order valence-electron chi connectivity index (χ2n) is 0.418. The molecular weight excluding hydrogens is 87.1 g/mol. The summed E-state index contributed by atoms with van der Waals surface area (Å²) in [6.07, 6.45) is 0. The Bertz CT molecular complexity index is 17.1. The molecule has 0 aromatic rings. The van der Waals surface area contributed by atoms with E-state index in [0.717, 1.165) is 5.75 Å². The molecule has 0 aliphatic rings. The summed E-state index contributed by atoms with van der Waals surface area (Å²) in [5.41, 5.74) is 0. The van der Waals surface area contributed by atoms with E-state index in [2.05, 4.69) is 0 Å². The second kappa shape index (κ2) is 3.78. The Morgan fingerprint density at radius 1 is 2.50 bits per heavy atom. The average Bonchev–Trinajstić information content (AvgIpc) is 1.41. The van der Waals surface area contributed by atoms with Gasteiger partial charge in [-0.05, 0) is 5.75 Å². The molecule has 0 fully saturated rings. The summed E-state index contributed by atoms with van der Waals surface area (Å²) in [5.74, 6) is 1.06. The zero-order chi connectivity index (χ0) is 4.12. The van der Waals surface area contributed by atoms with E-state index in [1.165, 1.54) is 0 Å². The van der Waals surface area contributed by atoms with Gasteiger partial charge in [-0.1, -0.05) is 6.92 Å². The van der Waals surface area contributed by atoms with Crippen LogP contribution in [0, 0.1) is 0 Å². The molecule has 0 bridgehead atoms. The van der Waals surface area contributed by atoms with Gasteiger partial charge in [-0.15, -0.1) is 0 Å². The summed E-state index contributed by atoms with van der Waals surface area (Å²) in [6, 6.07) is 0. The van der Waals surface area contributed by atoms with E-state index < -0.39 is 0 Å². The minimum Gasteiger partial charge on any atom is -0.490 e. The van der Waals surface area contributed by atoms with Crippen LogP contribution in [0.2, 0.25) is 0 Å². The molecule has 0 aliphatic carbocycles. The predicted molar refractivity (Wildman–Crippen MR) is 26.4 cm³/mol. The maximum absolute atomic E-state index is 6.54. The van der Waals surface area contributed by atoms with Crippen molar-refractivity contribution in [1.82, 2.24) is 0 Å². The molecule has 0 saturated heterocycles. The molecule has 0 aromatic heterocycles. The highest BCUT2D eigenvalue weighted by Crippen LogP contribution is 2.06. The van der Waals surface area contributed by atoms with E-state index in [1.54, 1.807) is 11.4 Å². The Hall–Kier alpha value is 0.780. The fourth-order valence-electron chi connectivity index (χ4n) is 0. The van der Waals surface area contributed by atoms with E-state index in [-0.39, 0.29) is 0 Å². The normalized spacial score (nSPS) is 13.8. The maximum atomic E-state index is 6.54. The molecule has 0 rings (SSSR count). The Morgan fingerprint density at radius 3 is 3.25 bits per heavy atom. The molecule has 0 N–H and O–H groups in total. The Balaban J connectivity index is 2.19. The molecule has 4 heavy (non-hydrogen) atoms. The fraction of sp³-hybridized carbons (Fsp3) is 1.00. The van der Waals surface area contributed by atoms with Gasteiger partial charge in [0.2, 0.25) is 0 Å². The third-order valence-electron chi connectivity index (χ3n) is 0.129. The first kappa shape index (κ1) is 2.99. The SMILES string of the molecule is [3H][P-]SCC. The van der Waals surface area contributed by atoms with Crippen molar-refractivity contribution in [2.24, 2.45) is 0 Å². The van der Waals surface area contributed by atoms with Crippen LogP contribution in [-0.2, 0) is 0 Å². The van der Waals surface area contributed by atoms with Gasteiger partial charge in [-0.25, -0.2) is 0 Å². The number of hydrogen-bond acceptors (Lipinski definition) is 1. The third-order valence-corrected chi connectivity index (χ3v) is 1.16. The maximum Gasteiger partial charge on any atom is -0.0395 e. The predicted octanol–water partition coefficient (Wildman–Crippen LogP) is 1.80. The van der Waals surface area contributed by atoms with Gasteiger partial charge < -0.3 is 19.8 Å². The van der Waals surface area contributed by atoms with Gasteiger partial charge in [-0.3, -0.25) is 0 Å². The molecule has 26 valence electrons. The number of hydrogen-bond donors (Lipinski definition) is 0. The lowest BCUT2D eigenvalue weighted by molar-refractivity contribution is 1.54. The number of rotatable bonds is 2. The third kappa shape index (κ3) is 2.78. The van der Waals surface area contributed by atoms with Crippen molar-refractivity contribution in [3.8, 4) is 0 Å². The molecule has 0 spiro atoms. The lowest BCUT2D eigenvalue weighted by atomic mass is 11.0. The molecule has 0 aromatic carbocycles. The van der Waals surface area contributed by atoms with Crippen molar-refractivity contribution in [3.05, 3.63) is 0 Å². The molecule has 0 radical (unpaired) electrons. The van der Waals surface area contributed by atoms with Gasteiger partial charge >= 0.3 is 0 Å². The standard InChI is InChI=1S/C2H6PS/c1-2-4-3/h3H,2H2,1H3/q-1/i3T. The largest absolute Gasteiger partial charge is 0.490 e. The second-order valence-corrected chi connectivity index (χ2v) is 2.03. The van der Waals surface area contributed by atoms with Crippen molar-refractivity contribution < 1.29 is 0 Å². The van der Waals surface area contributed by atoms with Crippen molar-refractivity contribution >= 4 is 19.8 Å². The summed E-state index contributed by atoms with van der Waals surface area (Å²) >= 11 is 1.60. The zero-order valence-corrected chi connectivity index (χ0v) is 4.27. The molecule has 0 unspecified atom stereocenters. The van der Waals surface area contributed by atoms with E-state index >= 15 is 0 Å². The van der Waals surface area contributed by atoms with Crippen LogP contribution in [-0.4, -0.2) is 7.03 Å². The summed E-state index contributed by atoms with van der Waals surface area (Å²) in [5, 5.41) is 0. The van der Waals surface area contributed by atoms with Gasteiger partial charge in [0.05, 0.1) is 0 Å². The smallest absolute Gasteiger partial charge is 0.0395 e. The highest BCUT2D eigenvalue weighted by Gasteiger charge is 1.43. The molecule has 0 heterocycles. The van der Waals surface area contributed by atoms with Crippen molar-refractivity contribution in [3.63, 3.8) is 0 Å². The molecular formula is C2H6PS-. The summed E-state index contributed by atoms with van der Waals surface area (Å²) in [7, 11) is 0.696. The van der Waals surface area contributed by atoms with Crippen LogP contribution in [0.25, 0.3) is 0 Å². The Labute approximate surface area is 34.6 Å². The highest BCUT2D eigenvalue weighted by atomic mass is 32.7. The van der Waals surface area contributed by atoms with Crippen molar-refractivity contribution in [2.45, 2.75) is 6.92 Å². The minimum absolute atomic E-state index is 0.696.